The fourth-order valence-electron chi connectivity index (χ4n) is 5.78. The van der Waals surface area contributed by atoms with E-state index >= 15 is 0 Å². The number of hydrogen-bond acceptors (Lipinski definition) is 8. The van der Waals surface area contributed by atoms with Gasteiger partial charge in [-0.15, -0.1) is 16.4 Å². The number of Topliss-reactive ketones (excluding diaryl/α,β-unsaturated/α-hetero) is 1. The lowest BCUT2D eigenvalue weighted by atomic mass is 9.57. The molecule has 0 N–H and O–H groups in total. The van der Waals surface area contributed by atoms with Crippen molar-refractivity contribution in [3.63, 3.8) is 0 Å². The van der Waals surface area contributed by atoms with Crippen LogP contribution in [-0.2, 0) is 29.7 Å². The summed E-state index contributed by atoms with van der Waals surface area (Å²) in [6.45, 7) is 0. The summed E-state index contributed by atoms with van der Waals surface area (Å²) >= 11 is 1.27. The summed E-state index contributed by atoms with van der Waals surface area (Å²) in [5.41, 5.74) is 1.59. The Morgan fingerprint density at radius 2 is 2.00 bits per heavy atom. The molecule has 1 aromatic carbocycles. The van der Waals surface area contributed by atoms with Crippen molar-refractivity contribution < 1.29 is 17.6 Å². The number of aromatic nitrogens is 6. The molecule has 1 unspecified atom stereocenters. The predicted molar refractivity (Wildman–Crippen MR) is 129 cm³/mol. The summed E-state index contributed by atoms with van der Waals surface area (Å²) in [4.78, 5) is 24.1. The van der Waals surface area contributed by atoms with Crippen molar-refractivity contribution in [2.24, 2.45) is 18.4 Å². The number of rotatable bonds is 5. The molecule has 4 aromatic rings. The summed E-state index contributed by atoms with van der Waals surface area (Å²) in [7, 11) is -2.20. The van der Waals surface area contributed by atoms with Crippen molar-refractivity contribution >= 4 is 27.0 Å². The number of hydrogen-bond donors (Lipinski definition) is 0. The van der Waals surface area contributed by atoms with Crippen LogP contribution in [0.5, 0.6) is 0 Å². The molecule has 0 bridgehead atoms. The van der Waals surface area contributed by atoms with Gasteiger partial charge in [-0.1, -0.05) is 0 Å². The minimum absolute atomic E-state index is 0.0672. The van der Waals surface area contributed by atoms with Gasteiger partial charge in [-0.3, -0.25) is 4.79 Å². The summed E-state index contributed by atoms with van der Waals surface area (Å²) in [6, 6.07) is 6.21. The van der Waals surface area contributed by atoms with Crippen LogP contribution in [0.2, 0.25) is 0 Å². The molecule has 3 aromatic heterocycles. The van der Waals surface area contributed by atoms with E-state index in [2.05, 4.69) is 20.2 Å². The van der Waals surface area contributed by atoms with Crippen molar-refractivity contribution in [1.82, 2.24) is 29.5 Å². The second kappa shape index (κ2) is 8.41. The number of aryl methyl sites for hydroxylation is 1. The van der Waals surface area contributed by atoms with Crippen LogP contribution in [0.1, 0.15) is 40.5 Å². The molecule has 12 heteroatoms. The molecule has 1 saturated carbocycles. The number of sulfone groups is 1. The molecule has 0 aliphatic heterocycles. The average molecular weight is 527 g/mol. The van der Waals surface area contributed by atoms with Gasteiger partial charge in [-0.25, -0.2) is 22.8 Å². The normalized spacial score (nSPS) is 23.7. The third-order valence-electron chi connectivity index (χ3n) is 7.58. The average Bonchev–Trinajstić information content (AvgIpc) is 3.63. The van der Waals surface area contributed by atoms with Crippen LogP contribution in [0.3, 0.4) is 0 Å². The van der Waals surface area contributed by atoms with Gasteiger partial charge >= 0.3 is 0 Å². The minimum atomic E-state index is -3.78. The van der Waals surface area contributed by atoms with Crippen LogP contribution >= 0.6 is 11.3 Å². The van der Waals surface area contributed by atoms with E-state index in [1.165, 1.54) is 34.5 Å². The molecule has 0 spiro atoms. The monoisotopic (exact) mass is 526 g/mol. The molecule has 2 aliphatic carbocycles. The molecule has 1 fully saturated rings. The Morgan fingerprint density at radius 3 is 2.69 bits per heavy atom. The fourth-order valence-corrected chi connectivity index (χ4v) is 8.20. The first-order valence-electron chi connectivity index (χ1n) is 11.6. The first kappa shape index (κ1) is 23.2. The zero-order valence-corrected chi connectivity index (χ0v) is 21.0. The number of ketones is 1. The standard InChI is InChI=1S/C24H23FN6O3S2/c1-30-28-13-21(29-30)36(33,34)18-7-2-15-10-20-19(27-14-31(20)17-5-3-16(25)4-6-17)12-24(15,11-18)22(32)23-26-8-9-35-23/h3-6,8-9,13-15,18H,2,7,10-12H2,1H3/t15?,18-,24+/m0/s1. The highest BCUT2D eigenvalue weighted by Crippen LogP contribution is 2.52. The van der Waals surface area contributed by atoms with E-state index in [-0.39, 0.29) is 29.0 Å². The summed E-state index contributed by atoms with van der Waals surface area (Å²) in [5.74, 6) is -0.516. The number of carbonyl (C=O) groups excluding carboxylic acids is 1. The molecule has 9 nitrogen and oxygen atoms in total. The van der Waals surface area contributed by atoms with Gasteiger partial charge in [0.1, 0.15) is 5.82 Å². The van der Waals surface area contributed by atoms with E-state index in [1.807, 2.05) is 4.57 Å². The van der Waals surface area contributed by atoms with E-state index in [4.69, 9.17) is 0 Å². The lowest BCUT2D eigenvalue weighted by Gasteiger charge is -2.47. The molecule has 3 heterocycles. The van der Waals surface area contributed by atoms with Crippen molar-refractivity contribution in [1.29, 1.82) is 0 Å². The molecular formula is C24H23FN6O3S2. The number of benzene rings is 1. The SMILES string of the molecule is Cn1ncc(S(=O)(=O)[C@H]2CCC3Cc4c(ncn4-c4ccc(F)cc4)C[C@]3(C(=O)c3nccs3)C2)n1. The first-order chi connectivity index (χ1) is 17.3. The largest absolute Gasteiger partial charge is 0.303 e. The smallest absolute Gasteiger partial charge is 0.201 e. The Labute approximate surface area is 210 Å². The molecular weight excluding hydrogens is 503 g/mol. The lowest BCUT2D eigenvalue weighted by Crippen LogP contribution is -2.51. The zero-order valence-electron chi connectivity index (χ0n) is 19.4. The first-order valence-corrected chi connectivity index (χ1v) is 14.1. The second-order valence-electron chi connectivity index (χ2n) is 9.51. The maximum Gasteiger partial charge on any atom is 0.201 e. The van der Waals surface area contributed by atoms with Gasteiger partial charge in [-0.2, -0.15) is 9.90 Å². The molecule has 3 atom stereocenters. The van der Waals surface area contributed by atoms with Gasteiger partial charge < -0.3 is 4.57 Å². The van der Waals surface area contributed by atoms with Crippen molar-refractivity contribution in [3.8, 4) is 5.69 Å². The Hall–Kier alpha value is -3.25. The Kier molecular flexibility index (Phi) is 5.41. The van der Waals surface area contributed by atoms with Gasteiger partial charge in [-0.05, 0) is 55.9 Å². The topological polar surface area (TPSA) is 113 Å². The van der Waals surface area contributed by atoms with E-state index in [0.717, 1.165) is 17.1 Å². The van der Waals surface area contributed by atoms with Crippen molar-refractivity contribution in [3.05, 3.63) is 70.6 Å². The molecule has 0 saturated heterocycles. The van der Waals surface area contributed by atoms with Crippen molar-refractivity contribution in [2.45, 2.75) is 42.4 Å². The van der Waals surface area contributed by atoms with Crippen LogP contribution < -0.4 is 0 Å². The van der Waals surface area contributed by atoms with Crippen LogP contribution in [0, 0.1) is 17.2 Å². The van der Waals surface area contributed by atoms with E-state index in [1.54, 1.807) is 37.1 Å². The number of thiazole rings is 1. The molecule has 186 valence electrons. The van der Waals surface area contributed by atoms with Crippen LogP contribution in [0.4, 0.5) is 4.39 Å². The Balaban J connectivity index is 1.42. The van der Waals surface area contributed by atoms with Crippen LogP contribution in [0.25, 0.3) is 5.69 Å². The minimum Gasteiger partial charge on any atom is -0.303 e. The summed E-state index contributed by atoms with van der Waals surface area (Å²) in [5, 5.41) is 9.30. The van der Waals surface area contributed by atoms with Gasteiger partial charge in [0.2, 0.25) is 9.84 Å². The summed E-state index contributed by atoms with van der Waals surface area (Å²) < 4.78 is 42.4. The Bertz CT molecular complexity index is 1540. The fraction of sp³-hybridized carbons (Fsp3) is 0.375. The quantitative estimate of drug-likeness (QED) is 0.367. The maximum atomic E-state index is 14.0. The highest BCUT2D eigenvalue weighted by Gasteiger charge is 2.56. The third-order valence-corrected chi connectivity index (χ3v) is 10.4. The van der Waals surface area contributed by atoms with E-state index < -0.39 is 20.5 Å². The third kappa shape index (κ3) is 3.62. The van der Waals surface area contributed by atoms with Gasteiger partial charge in [0.25, 0.3) is 0 Å². The number of carbonyl (C=O) groups is 1. The van der Waals surface area contributed by atoms with Gasteiger partial charge in [0.15, 0.2) is 15.8 Å². The molecule has 0 radical (unpaired) electrons. The van der Waals surface area contributed by atoms with Crippen LogP contribution in [0.15, 0.2) is 53.4 Å². The highest BCUT2D eigenvalue weighted by molar-refractivity contribution is 7.92. The highest BCUT2D eigenvalue weighted by atomic mass is 32.2. The lowest BCUT2D eigenvalue weighted by molar-refractivity contribution is 0.0488. The molecule has 0 amide bonds. The zero-order chi connectivity index (χ0) is 25.1. The predicted octanol–water partition coefficient (Wildman–Crippen LogP) is 3.21. The van der Waals surface area contributed by atoms with Crippen molar-refractivity contribution in [2.75, 3.05) is 0 Å². The number of nitrogens with zero attached hydrogens (tertiary/aromatic N) is 6. The molecule has 36 heavy (non-hydrogen) atoms. The maximum absolute atomic E-state index is 14.0. The van der Waals surface area contributed by atoms with Gasteiger partial charge in [0.05, 0.1) is 23.5 Å². The molecule has 6 rings (SSSR count). The van der Waals surface area contributed by atoms with E-state index in [9.17, 15) is 17.6 Å². The van der Waals surface area contributed by atoms with Gasteiger partial charge in [0, 0.05) is 41.8 Å². The number of halogens is 1. The molecule has 2 aliphatic rings. The summed E-state index contributed by atoms with van der Waals surface area (Å²) in [6.07, 6.45) is 6.62. The van der Waals surface area contributed by atoms with Crippen LogP contribution in [-0.4, -0.2) is 49.0 Å². The second-order valence-corrected chi connectivity index (χ2v) is 12.6. The number of fused-ring (bicyclic) bond motifs is 2. The van der Waals surface area contributed by atoms with E-state index in [0.29, 0.717) is 30.7 Å². The Morgan fingerprint density at radius 1 is 1.19 bits per heavy atom. The number of imidazole rings is 1.